The number of benzene rings is 1. The van der Waals surface area contributed by atoms with Crippen LogP contribution in [0.25, 0.3) is 0 Å². The molecule has 19 heavy (non-hydrogen) atoms. The molecule has 0 bridgehead atoms. The second kappa shape index (κ2) is 4.90. The Morgan fingerprint density at radius 3 is 2.79 bits per heavy atom. The third kappa shape index (κ3) is 2.35. The first kappa shape index (κ1) is 14.0. The summed E-state index contributed by atoms with van der Waals surface area (Å²) >= 11 is 0. The smallest absolute Gasteiger partial charge is 0.322 e. The van der Waals surface area contributed by atoms with Gasteiger partial charge in [0.05, 0.1) is 0 Å². The van der Waals surface area contributed by atoms with Gasteiger partial charge in [0.2, 0.25) is 10.0 Å². The lowest BCUT2D eigenvalue weighted by atomic mass is 10.2. The number of sulfonamides is 1. The van der Waals surface area contributed by atoms with Gasteiger partial charge >= 0.3 is 5.97 Å². The summed E-state index contributed by atoms with van der Waals surface area (Å²) in [6.07, 6.45) is 0.714. The number of rotatable bonds is 3. The van der Waals surface area contributed by atoms with Crippen LogP contribution < -0.4 is 0 Å². The Balaban J connectivity index is 2.48. The second-order valence-corrected chi connectivity index (χ2v) is 6.36. The lowest BCUT2D eigenvalue weighted by Gasteiger charge is -2.21. The largest absolute Gasteiger partial charge is 0.480 e. The molecule has 1 saturated heterocycles. The molecular weight excluding hydrogens is 273 g/mol. The molecular formula is C12H14FNO4S. The van der Waals surface area contributed by atoms with Gasteiger partial charge in [0, 0.05) is 6.54 Å². The Morgan fingerprint density at radius 2 is 2.16 bits per heavy atom. The molecule has 7 heteroatoms. The van der Waals surface area contributed by atoms with Gasteiger partial charge in [0.1, 0.15) is 16.8 Å². The number of aliphatic carboxylic acids is 1. The number of nitrogens with zero attached hydrogens (tertiary/aromatic N) is 1. The van der Waals surface area contributed by atoms with Crippen molar-refractivity contribution < 1.29 is 22.7 Å². The van der Waals surface area contributed by atoms with Gasteiger partial charge in [-0.05, 0) is 31.4 Å². The third-order valence-electron chi connectivity index (χ3n) is 3.23. The lowest BCUT2D eigenvalue weighted by molar-refractivity contribution is -0.140. The van der Waals surface area contributed by atoms with Gasteiger partial charge in [-0.1, -0.05) is 12.1 Å². The molecule has 1 aromatic rings. The predicted octanol–water partition coefficient (Wildman–Crippen LogP) is 1.37. The minimum absolute atomic E-state index is 0.104. The van der Waals surface area contributed by atoms with E-state index in [-0.39, 0.29) is 18.5 Å². The monoisotopic (exact) mass is 287 g/mol. The Morgan fingerprint density at radius 1 is 1.47 bits per heavy atom. The molecule has 5 nitrogen and oxygen atoms in total. The summed E-state index contributed by atoms with van der Waals surface area (Å²) in [5.41, 5.74) is 0.215. The number of hydrogen-bond acceptors (Lipinski definition) is 3. The highest BCUT2D eigenvalue weighted by Gasteiger charge is 2.40. The highest BCUT2D eigenvalue weighted by atomic mass is 32.2. The zero-order valence-corrected chi connectivity index (χ0v) is 11.2. The Kier molecular flexibility index (Phi) is 3.60. The van der Waals surface area contributed by atoms with Crippen LogP contribution in [0.5, 0.6) is 0 Å². The van der Waals surface area contributed by atoms with Crippen molar-refractivity contribution in [2.45, 2.75) is 30.7 Å². The van der Waals surface area contributed by atoms with E-state index in [1.807, 2.05) is 0 Å². The fourth-order valence-electron chi connectivity index (χ4n) is 2.22. The molecule has 1 aliphatic rings. The van der Waals surface area contributed by atoms with Gasteiger partial charge in [0.15, 0.2) is 0 Å². The molecule has 1 fully saturated rings. The van der Waals surface area contributed by atoms with Crippen molar-refractivity contribution in [3.63, 3.8) is 0 Å². The molecule has 0 amide bonds. The van der Waals surface area contributed by atoms with E-state index in [0.29, 0.717) is 6.42 Å². The van der Waals surface area contributed by atoms with E-state index < -0.39 is 32.7 Å². The molecule has 1 aliphatic heterocycles. The molecule has 2 rings (SSSR count). The SMILES string of the molecule is Cc1cccc(S(=O)(=O)N2CCCC2C(=O)O)c1F. The predicted molar refractivity (Wildman–Crippen MR) is 65.7 cm³/mol. The minimum Gasteiger partial charge on any atom is -0.480 e. The first-order valence-electron chi connectivity index (χ1n) is 5.85. The second-order valence-electron chi connectivity index (χ2n) is 4.50. The van der Waals surface area contributed by atoms with E-state index in [9.17, 15) is 17.6 Å². The molecule has 1 aromatic carbocycles. The normalized spacial score (nSPS) is 20.6. The average Bonchev–Trinajstić information content (AvgIpc) is 2.82. The summed E-state index contributed by atoms with van der Waals surface area (Å²) in [5.74, 6) is -2.02. The summed E-state index contributed by atoms with van der Waals surface area (Å²) in [6, 6.07) is 2.96. The number of halogens is 1. The van der Waals surface area contributed by atoms with E-state index >= 15 is 0 Å². The number of carbonyl (C=O) groups is 1. The molecule has 0 aliphatic carbocycles. The fourth-order valence-corrected chi connectivity index (χ4v) is 4.01. The number of carboxylic acid groups (broad SMARTS) is 1. The van der Waals surface area contributed by atoms with Crippen molar-refractivity contribution in [3.8, 4) is 0 Å². The van der Waals surface area contributed by atoms with Crippen molar-refractivity contribution in [2.24, 2.45) is 0 Å². The zero-order chi connectivity index (χ0) is 14.2. The highest BCUT2D eigenvalue weighted by Crippen LogP contribution is 2.28. The van der Waals surface area contributed by atoms with Crippen molar-refractivity contribution in [2.75, 3.05) is 6.54 Å². The van der Waals surface area contributed by atoms with Crippen molar-refractivity contribution in [1.82, 2.24) is 4.31 Å². The molecule has 1 N–H and O–H groups in total. The van der Waals surface area contributed by atoms with Gasteiger partial charge in [-0.2, -0.15) is 4.31 Å². The van der Waals surface area contributed by atoms with Crippen LogP contribution in [0.15, 0.2) is 23.1 Å². The van der Waals surface area contributed by atoms with Gasteiger partial charge in [-0.3, -0.25) is 4.79 Å². The number of carboxylic acids is 1. The topological polar surface area (TPSA) is 74.7 Å². The molecule has 0 saturated carbocycles. The van der Waals surface area contributed by atoms with Gasteiger partial charge in [-0.15, -0.1) is 0 Å². The van der Waals surface area contributed by atoms with Crippen LogP contribution in [0, 0.1) is 12.7 Å². The van der Waals surface area contributed by atoms with Crippen LogP contribution >= 0.6 is 0 Å². The maximum absolute atomic E-state index is 13.9. The zero-order valence-electron chi connectivity index (χ0n) is 10.3. The Hall–Kier alpha value is -1.47. The summed E-state index contributed by atoms with van der Waals surface area (Å²) in [6.45, 7) is 1.57. The van der Waals surface area contributed by atoms with E-state index in [4.69, 9.17) is 5.11 Å². The van der Waals surface area contributed by atoms with Gasteiger partial charge < -0.3 is 5.11 Å². The molecule has 1 atom stereocenters. The van der Waals surface area contributed by atoms with Crippen LogP contribution in [0.4, 0.5) is 4.39 Å². The maximum atomic E-state index is 13.9. The van der Waals surface area contributed by atoms with Crippen molar-refractivity contribution >= 4 is 16.0 Å². The fraction of sp³-hybridized carbons (Fsp3) is 0.417. The van der Waals surface area contributed by atoms with E-state index in [1.165, 1.54) is 19.1 Å². The quantitative estimate of drug-likeness (QED) is 0.911. The molecule has 0 spiro atoms. The van der Waals surface area contributed by atoms with Crippen LogP contribution in [-0.2, 0) is 14.8 Å². The maximum Gasteiger partial charge on any atom is 0.322 e. The number of hydrogen-bond donors (Lipinski definition) is 1. The lowest BCUT2D eigenvalue weighted by Crippen LogP contribution is -2.40. The first-order chi connectivity index (χ1) is 8.85. The van der Waals surface area contributed by atoms with E-state index in [0.717, 1.165) is 10.4 Å². The summed E-state index contributed by atoms with van der Waals surface area (Å²) < 4.78 is 39.5. The first-order valence-corrected chi connectivity index (χ1v) is 7.29. The molecule has 104 valence electrons. The van der Waals surface area contributed by atoms with Crippen LogP contribution in [-0.4, -0.2) is 36.4 Å². The average molecular weight is 287 g/mol. The van der Waals surface area contributed by atoms with Gasteiger partial charge in [0.25, 0.3) is 0 Å². The third-order valence-corrected chi connectivity index (χ3v) is 5.16. The molecule has 1 heterocycles. The molecule has 0 aromatic heterocycles. The highest BCUT2D eigenvalue weighted by molar-refractivity contribution is 7.89. The van der Waals surface area contributed by atoms with Crippen LogP contribution in [0.2, 0.25) is 0 Å². The van der Waals surface area contributed by atoms with E-state index in [2.05, 4.69) is 0 Å². The minimum atomic E-state index is -4.11. The Labute approximate surface area is 110 Å². The van der Waals surface area contributed by atoms with Crippen LogP contribution in [0.3, 0.4) is 0 Å². The summed E-state index contributed by atoms with van der Waals surface area (Å²) in [7, 11) is -4.11. The Bertz CT molecular complexity index is 614. The van der Waals surface area contributed by atoms with Crippen LogP contribution in [0.1, 0.15) is 18.4 Å². The van der Waals surface area contributed by atoms with Crippen molar-refractivity contribution in [3.05, 3.63) is 29.6 Å². The van der Waals surface area contributed by atoms with Gasteiger partial charge in [-0.25, -0.2) is 12.8 Å². The standard InChI is InChI=1S/C12H14FNO4S/c1-8-4-2-6-10(11(8)13)19(17,18)14-7-3-5-9(14)12(15)16/h2,4,6,9H,3,5,7H2,1H3,(H,15,16). The van der Waals surface area contributed by atoms with Crippen molar-refractivity contribution in [1.29, 1.82) is 0 Å². The number of aryl methyl sites for hydroxylation is 1. The summed E-state index contributed by atoms with van der Waals surface area (Å²) in [5, 5.41) is 9.02. The van der Waals surface area contributed by atoms with E-state index in [1.54, 1.807) is 0 Å². The molecule has 1 unspecified atom stereocenters. The molecule has 0 radical (unpaired) electrons. The summed E-state index contributed by atoms with van der Waals surface area (Å²) in [4.78, 5) is 10.6.